The number of nitrogens with one attached hydrogen (secondary N) is 2. The van der Waals surface area contributed by atoms with Crippen molar-refractivity contribution in [2.24, 2.45) is 10.9 Å². The fourth-order valence-electron chi connectivity index (χ4n) is 3.53. The lowest BCUT2D eigenvalue weighted by Gasteiger charge is -2.28. The largest absolute Gasteiger partial charge is 0.354 e. The van der Waals surface area contributed by atoms with Gasteiger partial charge >= 0.3 is 0 Å². The van der Waals surface area contributed by atoms with E-state index in [0.29, 0.717) is 12.6 Å². The summed E-state index contributed by atoms with van der Waals surface area (Å²) in [5.74, 6) is 1.72. The number of rotatable bonds is 5. The Hall–Kier alpha value is -1.83. The minimum absolute atomic E-state index is 0. The van der Waals surface area contributed by atoms with Crippen LogP contribution in [0.4, 0.5) is 0 Å². The third-order valence-corrected chi connectivity index (χ3v) is 5.32. The van der Waals surface area contributed by atoms with E-state index in [0.717, 1.165) is 24.0 Å². The van der Waals surface area contributed by atoms with Gasteiger partial charge in [0, 0.05) is 31.9 Å². The molecule has 1 fully saturated rings. The molecular weight excluding hydrogens is 463 g/mol. The van der Waals surface area contributed by atoms with Crippen LogP contribution in [0, 0.1) is 5.92 Å². The molecule has 1 saturated carbocycles. The molecule has 0 saturated heterocycles. The van der Waals surface area contributed by atoms with Gasteiger partial charge in [0.25, 0.3) is 5.56 Å². The zero-order valence-corrected chi connectivity index (χ0v) is 19.1. The fraction of sp³-hybridized carbons (Fsp3) is 0.455. The van der Waals surface area contributed by atoms with Gasteiger partial charge in [0.05, 0.1) is 6.54 Å². The fourth-order valence-corrected chi connectivity index (χ4v) is 3.53. The molecule has 2 aromatic rings. The van der Waals surface area contributed by atoms with E-state index in [1.165, 1.54) is 31.2 Å². The molecule has 0 aliphatic heterocycles. The average Bonchev–Trinajstić information content (AvgIpc) is 2.69. The van der Waals surface area contributed by atoms with Crippen LogP contribution >= 0.6 is 24.0 Å². The van der Waals surface area contributed by atoms with Crippen LogP contribution < -0.4 is 16.2 Å². The van der Waals surface area contributed by atoms with Crippen molar-refractivity contribution >= 4 is 29.9 Å². The van der Waals surface area contributed by atoms with E-state index in [9.17, 15) is 4.79 Å². The van der Waals surface area contributed by atoms with E-state index in [1.807, 2.05) is 19.3 Å². The molecular formula is C22H31IN4O. The van der Waals surface area contributed by atoms with Crippen LogP contribution in [0.15, 0.2) is 58.4 Å². The molecule has 2 N–H and O–H groups in total. The highest BCUT2D eigenvalue weighted by Gasteiger charge is 2.18. The van der Waals surface area contributed by atoms with Gasteiger partial charge in [-0.3, -0.25) is 9.79 Å². The predicted octanol–water partition coefficient (Wildman–Crippen LogP) is 3.76. The highest BCUT2D eigenvalue weighted by atomic mass is 127. The summed E-state index contributed by atoms with van der Waals surface area (Å²) < 4.78 is 1.71. The summed E-state index contributed by atoms with van der Waals surface area (Å²) in [5.41, 5.74) is 2.33. The van der Waals surface area contributed by atoms with E-state index in [1.54, 1.807) is 16.7 Å². The van der Waals surface area contributed by atoms with Gasteiger partial charge in [0.2, 0.25) is 0 Å². The molecule has 1 aromatic carbocycles. The second kappa shape index (κ2) is 11.2. The number of pyridine rings is 1. The van der Waals surface area contributed by atoms with E-state index >= 15 is 0 Å². The van der Waals surface area contributed by atoms with E-state index in [4.69, 9.17) is 0 Å². The molecule has 1 aromatic heterocycles. The van der Waals surface area contributed by atoms with Crippen LogP contribution in [-0.4, -0.2) is 23.6 Å². The Bertz CT molecular complexity index is 808. The zero-order valence-electron chi connectivity index (χ0n) is 16.7. The molecule has 0 atom stereocenters. The van der Waals surface area contributed by atoms with Gasteiger partial charge in [-0.25, -0.2) is 0 Å². The van der Waals surface area contributed by atoms with Crippen LogP contribution in [0.3, 0.4) is 0 Å². The summed E-state index contributed by atoms with van der Waals surface area (Å²) in [6.07, 6.45) is 6.84. The van der Waals surface area contributed by atoms with Crippen LogP contribution in [0.2, 0.25) is 0 Å². The summed E-state index contributed by atoms with van der Waals surface area (Å²) in [5, 5.41) is 6.95. The molecule has 1 aliphatic rings. The summed E-state index contributed by atoms with van der Waals surface area (Å²) in [4.78, 5) is 16.2. The van der Waals surface area contributed by atoms with Gasteiger partial charge in [-0.1, -0.05) is 37.3 Å². The Kier molecular flexibility index (Phi) is 9.02. The second-order valence-electron chi connectivity index (χ2n) is 7.51. The van der Waals surface area contributed by atoms with Crippen molar-refractivity contribution in [1.29, 1.82) is 0 Å². The van der Waals surface area contributed by atoms with Gasteiger partial charge in [0.15, 0.2) is 5.96 Å². The molecule has 0 amide bonds. The minimum Gasteiger partial charge on any atom is -0.354 e. The predicted molar refractivity (Wildman–Crippen MR) is 126 cm³/mol. The van der Waals surface area contributed by atoms with E-state index in [-0.39, 0.29) is 29.5 Å². The van der Waals surface area contributed by atoms with Crippen molar-refractivity contribution in [3.8, 4) is 0 Å². The van der Waals surface area contributed by atoms with Crippen molar-refractivity contribution in [2.45, 2.75) is 51.7 Å². The van der Waals surface area contributed by atoms with Gasteiger partial charge < -0.3 is 15.2 Å². The van der Waals surface area contributed by atoms with Gasteiger partial charge in [-0.15, -0.1) is 24.0 Å². The lowest BCUT2D eigenvalue weighted by Crippen LogP contribution is -2.44. The van der Waals surface area contributed by atoms with Crippen molar-refractivity contribution < 1.29 is 0 Å². The molecule has 0 radical (unpaired) electrons. The Labute approximate surface area is 184 Å². The average molecular weight is 494 g/mol. The maximum Gasteiger partial charge on any atom is 0.250 e. The smallest absolute Gasteiger partial charge is 0.250 e. The van der Waals surface area contributed by atoms with Crippen LogP contribution in [0.1, 0.15) is 43.7 Å². The molecule has 0 unspecified atom stereocenters. The van der Waals surface area contributed by atoms with E-state index < -0.39 is 0 Å². The number of aromatic nitrogens is 1. The third kappa shape index (κ3) is 6.65. The molecule has 0 spiro atoms. The van der Waals surface area contributed by atoms with Gasteiger partial charge in [-0.2, -0.15) is 0 Å². The zero-order chi connectivity index (χ0) is 19.1. The number of guanidine groups is 1. The van der Waals surface area contributed by atoms with Crippen molar-refractivity contribution in [2.75, 3.05) is 7.05 Å². The number of aliphatic imine (C=N–C) groups is 1. The lowest BCUT2D eigenvalue weighted by atomic mass is 9.87. The third-order valence-electron chi connectivity index (χ3n) is 5.32. The quantitative estimate of drug-likeness (QED) is 0.378. The molecule has 1 heterocycles. The first-order chi connectivity index (χ1) is 13.1. The lowest BCUT2D eigenvalue weighted by molar-refractivity contribution is 0.329. The molecule has 1 aliphatic carbocycles. The first kappa shape index (κ1) is 22.5. The van der Waals surface area contributed by atoms with Crippen molar-refractivity contribution in [3.63, 3.8) is 0 Å². The van der Waals surface area contributed by atoms with Crippen molar-refractivity contribution in [3.05, 3.63) is 70.1 Å². The summed E-state index contributed by atoms with van der Waals surface area (Å²) in [7, 11) is 1.82. The highest BCUT2D eigenvalue weighted by molar-refractivity contribution is 14.0. The monoisotopic (exact) mass is 494 g/mol. The Balaban J connectivity index is 0.00000280. The van der Waals surface area contributed by atoms with Crippen LogP contribution in [-0.2, 0) is 13.1 Å². The molecule has 152 valence electrons. The van der Waals surface area contributed by atoms with Gasteiger partial charge in [-0.05, 0) is 48.8 Å². The number of benzene rings is 1. The number of nitrogens with zero attached hydrogens (tertiary/aromatic N) is 2. The normalized spacial score (nSPS) is 19.6. The first-order valence-corrected chi connectivity index (χ1v) is 9.84. The molecule has 3 rings (SSSR count). The molecule has 28 heavy (non-hydrogen) atoms. The Morgan fingerprint density at radius 1 is 1.07 bits per heavy atom. The van der Waals surface area contributed by atoms with Gasteiger partial charge in [0.1, 0.15) is 0 Å². The standard InChI is InChI=1S/C22H30N4O.HI/c1-17-6-12-20(13-7-17)25-22(23-2)24-15-18-8-10-19(11-9-18)16-26-14-4-3-5-21(26)27;/h3-5,8-11,14,17,20H,6-7,12-13,15-16H2,1-2H3,(H2,23,24,25);1H. The highest BCUT2D eigenvalue weighted by Crippen LogP contribution is 2.23. The number of hydrogen-bond acceptors (Lipinski definition) is 2. The summed E-state index contributed by atoms with van der Waals surface area (Å²) in [6, 6.07) is 14.1. The molecule has 6 heteroatoms. The minimum atomic E-state index is 0. The SMILES string of the molecule is CN=C(NCc1ccc(Cn2ccccc2=O)cc1)NC1CCC(C)CC1.I. The summed E-state index contributed by atoms with van der Waals surface area (Å²) in [6.45, 7) is 3.66. The maximum atomic E-state index is 11.8. The first-order valence-electron chi connectivity index (χ1n) is 9.84. The Morgan fingerprint density at radius 2 is 1.75 bits per heavy atom. The Morgan fingerprint density at radius 3 is 2.39 bits per heavy atom. The van der Waals surface area contributed by atoms with Crippen molar-refractivity contribution in [1.82, 2.24) is 15.2 Å². The maximum absolute atomic E-state index is 11.8. The molecule has 0 bridgehead atoms. The molecule has 5 nitrogen and oxygen atoms in total. The van der Waals surface area contributed by atoms with Crippen LogP contribution in [0.25, 0.3) is 0 Å². The topological polar surface area (TPSA) is 58.4 Å². The number of hydrogen-bond donors (Lipinski definition) is 2. The second-order valence-corrected chi connectivity index (χ2v) is 7.51. The van der Waals surface area contributed by atoms with E-state index in [2.05, 4.69) is 46.8 Å². The summed E-state index contributed by atoms with van der Waals surface area (Å²) >= 11 is 0. The van der Waals surface area contributed by atoms with Crippen LogP contribution in [0.5, 0.6) is 0 Å². The number of halogens is 1.